The Bertz CT molecular complexity index is 748. The van der Waals surface area contributed by atoms with E-state index in [9.17, 15) is 9.59 Å². The fourth-order valence-electron chi connectivity index (χ4n) is 2.93. The highest BCUT2D eigenvalue weighted by molar-refractivity contribution is 9.10. The number of carbonyl (C=O) groups is 2. The molecule has 0 aromatic heterocycles. The van der Waals surface area contributed by atoms with Crippen molar-refractivity contribution in [3.05, 3.63) is 70.2 Å². The Balaban J connectivity index is 1.95. The fraction of sp³-hybridized carbons (Fsp3) is 0.222. The molecule has 118 valence electrons. The van der Waals surface area contributed by atoms with Gasteiger partial charge in [-0.05, 0) is 23.6 Å². The van der Waals surface area contributed by atoms with Crippen LogP contribution in [0.15, 0.2) is 59.1 Å². The van der Waals surface area contributed by atoms with Crippen molar-refractivity contribution in [3.63, 3.8) is 0 Å². The van der Waals surface area contributed by atoms with Crippen LogP contribution in [-0.4, -0.2) is 16.8 Å². The van der Waals surface area contributed by atoms with E-state index in [4.69, 9.17) is 0 Å². The number of rotatable bonds is 4. The highest BCUT2D eigenvalue weighted by Crippen LogP contribution is 2.33. The zero-order valence-electron chi connectivity index (χ0n) is 12.8. The Hall–Kier alpha value is -2.14. The van der Waals surface area contributed by atoms with Crippen molar-refractivity contribution in [3.8, 4) is 0 Å². The molecule has 2 aromatic carbocycles. The lowest BCUT2D eigenvalue weighted by atomic mass is 9.87. The van der Waals surface area contributed by atoms with Crippen LogP contribution >= 0.6 is 15.9 Å². The average molecular weight is 373 g/mol. The van der Waals surface area contributed by atoms with Gasteiger partial charge in [-0.15, -0.1) is 0 Å². The lowest BCUT2D eigenvalue weighted by molar-refractivity contribution is -0.132. The molecule has 1 N–H and O–H groups in total. The van der Waals surface area contributed by atoms with Crippen LogP contribution in [0.25, 0.3) is 0 Å². The summed E-state index contributed by atoms with van der Waals surface area (Å²) in [5, 5.41) is 2.90. The van der Waals surface area contributed by atoms with E-state index in [1.165, 1.54) is 4.90 Å². The predicted molar refractivity (Wildman–Crippen MR) is 91.6 cm³/mol. The van der Waals surface area contributed by atoms with Crippen molar-refractivity contribution < 1.29 is 9.59 Å². The summed E-state index contributed by atoms with van der Waals surface area (Å²) in [6.07, 6.45) is 0.508. The molecule has 0 radical (unpaired) electrons. The first-order chi connectivity index (χ1) is 11.1. The van der Waals surface area contributed by atoms with Gasteiger partial charge in [-0.1, -0.05) is 71.4 Å². The summed E-state index contributed by atoms with van der Waals surface area (Å²) >= 11 is 3.46. The molecule has 4 nitrogen and oxygen atoms in total. The van der Waals surface area contributed by atoms with Crippen LogP contribution in [0.2, 0.25) is 0 Å². The maximum absolute atomic E-state index is 13.0. The summed E-state index contributed by atoms with van der Waals surface area (Å²) in [5.74, 6) is -0.202. The molecule has 1 saturated heterocycles. The van der Waals surface area contributed by atoms with Crippen molar-refractivity contribution in [1.29, 1.82) is 0 Å². The van der Waals surface area contributed by atoms with Crippen LogP contribution in [0.5, 0.6) is 0 Å². The third kappa shape index (κ3) is 2.65. The Morgan fingerprint density at radius 3 is 2.35 bits per heavy atom. The van der Waals surface area contributed by atoms with Gasteiger partial charge in [0.25, 0.3) is 5.91 Å². The van der Waals surface area contributed by atoms with Crippen molar-refractivity contribution in [2.75, 3.05) is 0 Å². The van der Waals surface area contributed by atoms with Crippen LogP contribution in [0.4, 0.5) is 4.79 Å². The minimum Gasteiger partial charge on any atom is -0.319 e. The SMILES string of the molecule is CC[C@]1(c2ccccc2)NC(=O)N(Cc2ccccc2Br)C1=O. The number of hydrogen-bond acceptors (Lipinski definition) is 2. The molecule has 23 heavy (non-hydrogen) atoms. The van der Waals surface area contributed by atoms with Crippen molar-refractivity contribution in [1.82, 2.24) is 10.2 Å². The van der Waals surface area contributed by atoms with Crippen molar-refractivity contribution >= 4 is 27.9 Å². The molecule has 1 aliphatic rings. The van der Waals surface area contributed by atoms with E-state index < -0.39 is 5.54 Å². The minimum absolute atomic E-state index is 0.202. The van der Waals surface area contributed by atoms with Gasteiger partial charge in [0, 0.05) is 4.47 Å². The highest BCUT2D eigenvalue weighted by atomic mass is 79.9. The Morgan fingerprint density at radius 1 is 1.04 bits per heavy atom. The van der Waals surface area contributed by atoms with E-state index >= 15 is 0 Å². The van der Waals surface area contributed by atoms with Gasteiger partial charge in [0.15, 0.2) is 0 Å². The zero-order chi connectivity index (χ0) is 16.4. The largest absolute Gasteiger partial charge is 0.325 e. The smallest absolute Gasteiger partial charge is 0.319 e. The second-order valence-corrected chi connectivity index (χ2v) is 6.39. The number of urea groups is 1. The molecule has 3 amide bonds. The van der Waals surface area contributed by atoms with Crippen molar-refractivity contribution in [2.24, 2.45) is 0 Å². The second-order valence-electron chi connectivity index (χ2n) is 5.54. The van der Waals surface area contributed by atoms with Crippen LogP contribution in [0.3, 0.4) is 0 Å². The maximum Gasteiger partial charge on any atom is 0.325 e. The molecule has 3 rings (SSSR count). The highest BCUT2D eigenvalue weighted by Gasteiger charge is 2.51. The van der Waals surface area contributed by atoms with Gasteiger partial charge in [0.05, 0.1) is 6.54 Å². The second kappa shape index (κ2) is 6.16. The number of nitrogens with zero attached hydrogens (tertiary/aromatic N) is 1. The monoisotopic (exact) mass is 372 g/mol. The summed E-state index contributed by atoms with van der Waals surface area (Å²) in [6.45, 7) is 2.16. The third-order valence-electron chi connectivity index (χ3n) is 4.26. The van der Waals surface area contributed by atoms with Crippen LogP contribution < -0.4 is 5.32 Å². The van der Waals surface area contributed by atoms with Crippen LogP contribution in [-0.2, 0) is 16.9 Å². The normalized spacial score (nSPS) is 20.7. The van der Waals surface area contributed by atoms with E-state index in [-0.39, 0.29) is 18.5 Å². The standard InChI is InChI=1S/C18H17BrN2O2/c1-2-18(14-9-4-3-5-10-14)16(22)21(17(23)20-18)12-13-8-6-7-11-15(13)19/h3-11H,2,12H2,1H3,(H,20,23)/t18-/m1/s1. The number of imide groups is 1. The Morgan fingerprint density at radius 2 is 1.70 bits per heavy atom. The molecule has 0 bridgehead atoms. The van der Waals surface area contributed by atoms with Gasteiger partial charge in [0.2, 0.25) is 0 Å². The molecule has 1 atom stereocenters. The fourth-order valence-corrected chi connectivity index (χ4v) is 3.34. The molecule has 0 unspecified atom stereocenters. The summed E-state index contributed by atoms with van der Waals surface area (Å²) < 4.78 is 0.884. The molecule has 1 heterocycles. The van der Waals surface area contributed by atoms with E-state index in [1.807, 2.05) is 61.5 Å². The molecule has 1 aliphatic heterocycles. The summed E-state index contributed by atoms with van der Waals surface area (Å²) in [6, 6.07) is 16.7. The molecule has 1 fully saturated rings. The van der Waals surface area contributed by atoms with Crippen LogP contribution in [0, 0.1) is 0 Å². The van der Waals surface area contributed by atoms with Gasteiger partial charge < -0.3 is 5.32 Å². The molecular weight excluding hydrogens is 356 g/mol. The Labute approximate surface area is 143 Å². The molecule has 5 heteroatoms. The van der Waals surface area contributed by atoms with Crippen LogP contribution in [0.1, 0.15) is 24.5 Å². The number of amides is 3. The van der Waals surface area contributed by atoms with Gasteiger partial charge in [-0.25, -0.2) is 4.79 Å². The first-order valence-corrected chi connectivity index (χ1v) is 8.31. The number of benzene rings is 2. The lowest BCUT2D eigenvalue weighted by Crippen LogP contribution is -2.43. The Kier molecular flexibility index (Phi) is 4.22. The van der Waals surface area contributed by atoms with Gasteiger partial charge in [0.1, 0.15) is 5.54 Å². The van der Waals surface area contributed by atoms with Gasteiger partial charge in [-0.3, -0.25) is 9.69 Å². The van der Waals surface area contributed by atoms with Crippen molar-refractivity contribution in [2.45, 2.75) is 25.4 Å². The average Bonchev–Trinajstić information content (AvgIpc) is 2.82. The molecular formula is C18H17BrN2O2. The van der Waals surface area contributed by atoms with Gasteiger partial charge >= 0.3 is 6.03 Å². The van der Waals surface area contributed by atoms with E-state index in [2.05, 4.69) is 21.2 Å². The summed E-state index contributed by atoms with van der Waals surface area (Å²) in [7, 11) is 0. The molecule has 0 spiro atoms. The number of nitrogens with one attached hydrogen (secondary N) is 1. The first-order valence-electron chi connectivity index (χ1n) is 7.51. The zero-order valence-corrected chi connectivity index (χ0v) is 14.3. The summed E-state index contributed by atoms with van der Waals surface area (Å²) in [4.78, 5) is 26.7. The van der Waals surface area contributed by atoms with Gasteiger partial charge in [-0.2, -0.15) is 0 Å². The maximum atomic E-state index is 13.0. The first kappa shape index (κ1) is 15.7. The minimum atomic E-state index is -0.973. The number of halogens is 1. The lowest BCUT2D eigenvalue weighted by Gasteiger charge is -2.25. The molecule has 0 saturated carbocycles. The number of hydrogen-bond donors (Lipinski definition) is 1. The topological polar surface area (TPSA) is 49.4 Å². The molecule has 2 aromatic rings. The summed E-state index contributed by atoms with van der Waals surface area (Å²) in [5.41, 5.74) is 0.742. The quantitative estimate of drug-likeness (QED) is 0.829. The molecule has 0 aliphatic carbocycles. The predicted octanol–water partition coefficient (Wildman–Crippen LogP) is 3.81. The van der Waals surface area contributed by atoms with E-state index in [1.54, 1.807) is 0 Å². The number of carbonyl (C=O) groups excluding carboxylic acids is 2. The van der Waals surface area contributed by atoms with E-state index in [0.29, 0.717) is 6.42 Å². The van der Waals surface area contributed by atoms with E-state index in [0.717, 1.165) is 15.6 Å². The third-order valence-corrected chi connectivity index (χ3v) is 5.03.